The van der Waals surface area contributed by atoms with Crippen molar-refractivity contribution in [1.82, 2.24) is 0 Å². The smallest absolute Gasteiger partial charge is 0.143 e. The van der Waals surface area contributed by atoms with Crippen LogP contribution in [0.5, 0.6) is 0 Å². The Bertz CT molecular complexity index is 328. The van der Waals surface area contributed by atoms with Gasteiger partial charge in [0.2, 0.25) is 0 Å². The summed E-state index contributed by atoms with van der Waals surface area (Å²) in [6.45, 7) is 1.79. The highest BCUT2D eigenvalue weighted by Crippen LogP contribution is 2.12. The lowest BCUT2D eigenvalue weighted by Crippen LogP contribution is -2.17. The SMILES string of the molecule is C[C@@H](Cc1ccc(F)cc1)C(O)C#N. The summed E-state index contributed by atoms with van der Waals surface area (Å²) < 4.78 is 12.5. The van der Waals surface area contributed by atoms with Gasteiger partial charge in [-0.15, -0.1) is 0 Å². The molecule has 0 aliphatic heterocycles. The molecule has 0 spiro atoms. The van der Waals surface area contributed by atoms with Crippen LogP contribution >= 0.6 is 0 Å². The van der Waals surface area contributed by atoms with E-state index in [2.05, 4.69) is 0 Å². The molecule has 1 rings (SSSR count). The van der Waals surface area contributed by atoms with Crippen molar-refractivity contribution >= 4 is 0 Å². The van der Waals surface area contributed by atoms with Crippen LogP contribution in [0.15, 0.2) is 24.3 Å². The fraction of sp³-hybridized carbons (Fsp3) is 0.364. The molecule has 74 valence electrons. The number of rotatable bonds is 3. The Kier molecular flexibility index (Phi) is 3.61. The first kappa shape index (κ1) is 10.7. The van der Waals surface area contributed by atoms with Gasteiger partial charge in [-0.3, -0.25) is 0 Å². The predicted molar refractivity (Wildman–Crippen MR) is 50.9 cm³/mol. The molecule has 0 bridgehead atoms. The Balaban J connectivity index is 2.61. The van der Waals surface area contributed by atoms with Crippen molar-refractivity contribution in [3.05, 3.63) is 35.6 Å². The van der Waals surface area contributed by atoms with Crippen LogP contribution in [0.4, 0.5) is 4.39 Å². The van der Waals surface area contributed by atoms with E-state index < -0.39 is 6.10 Å². The summed E-state index contributed by atoms with van der Waals surface area (Å²) in [6.07, 6.45) is -0.380. The van der Waals surface area contributed by atoms with E-state index in [1.165, 1.54) is 12.1 Å². The Labute approximate surface area is 82.6 Å². The number of aliphatic hydroxyl groups excluding tert-OH is 1. The van der Waals surface area contributed by atoms with Gasteiger partial charge in [0.15, 0.2) is 0 Å². The molecule has 1 aromatic carbocycles. The van der Waals surface area contributed by atoms with Crippen LogP contribution in [-0.2, 0) is 6.42 Å². The molecule has 0 aromatic heterocycles. The minimum Gasteiger partial charge on any atom is -0.378 e. The second-order valence-electron chi connectivity index (χ2n) is 3.38. The van der Waals surface area contributed by atoms with E-state index in [1.54, 1.807) is 25.1 Å². The summed E-state index contributed by atoms with van der Waals surface area (Å²) in [5, 5.41) is 17.7. The molecule has 0 heterocycles. The van der Waals surface area contributed by atoms with Crippen molar-refractivity contribution in [2.75, 3.05) is 0 Å². The molecule has 0 radical (unpaired) electrons. The summed E-state index contributed by atoms with van der Waals surface area (Å²) in [5.74, 6) is -0.410. The molecule has 0 aliphatic rings. The normalized spacial score (nSPS) is 14.4. The number of hydrogen-bond acceptors (Lipinski definition) is 2. The molecule has 2 nitrogen and oxygen atoms in total. The highest BCUT2D eigenvalue weighted by atomic mass is 19.1. The molecule has 2 atom stereocenters. The van der Waals surface area contributed by atoms with E-state index in [4.69, 9.17) is 5.26 Å². The van der Waals surface area contributed by atoms with Crippen LogP contribution in [0.2, 0.25) is 0 Å². The van der Waals surface area contributed by atoms with Crippen LogP contribution < -0.4 is 0 Å². The van der Waals surface area contributed by atoms with Gasteiger partial charge in [0.05, 0.1) is 6.07 Å². The molecule has 1 aromatic rings. The first-order chi connectivity index (χ1) is 6.63. The van der Waals surface area contributed by atoms with E-state index in [9.17, 15) is 9.50 Å². The zero-order chi connectivity index (χ0) is 10.6. The molecule has 1 N–H and O–H groups in total. The summed E-state index contributed by atoms with van der Waals surface area (Å²) in [5.41, 5.74) is 0.924. The van der Waals surface area contributed by atoms with E-state index >= 15 is 0 Å². The summed E-state index contributed by atoms with van der Waals surface area (Å²) in [7, 11) is 0. The standard InChI is InChI=1S/C11H12FNO/c1-8(11(14)7-13)6-9-2-4-10(12)5-3-9/h2-5,8,11,14H,6H2,1H3/t8-,11?/m0/s1. The maximum atomic E-state index is 12.5. The van der Waals surface area contributed by atoms with Crippen LogP contribution in [0.25, 0.3) is 0 Å². The molecule has 3 heteroatoms. The first-order valence-corrected chi connectivity index (χ1v) is 4.45. The maximum Gasteiger partial charge on any atom is 0.143 e. The van der Waals surface area contributed by atoms with Gasteiger partial charge in [-0.1, -0.05) is 19.1 Å². The highest BCUT2D eigenvalue weighted by molar-refractivity contribution is 5.17. The molecule has 0 fully saturated rings. The van der Waals surface area contributed by atoms with E-state index in [1.807, 2.05) is 0 Å². The van der Waals surface area contributed by atoms with E-state index in [0.29, 0.717) is 6.42 Å². The lowest BCUT2D eigenvalue weighted by molar-refractivity contribution is 0.169. The monoisotopic (exact) mass is 193 g/mol. The second kappa shape index (κ2) is 4.73. The average Bonchev–Trinajstić information content (AvgIpc) is 2.20. The van der Waals surface area contributed by atoms with Crippen molar-refractivity contribution < 1.29 is 9.50 Å². The Morgan fingerprint density at radius 1 is 1.43 bits per heavy atom. The topological polar surface area (TPSA) is 44.0 Å². The van der Waals surface area contributed by atoms with Gasteiger partial charge in [0.1, 0.15) is 11.9 Å². The molecular weight excluding hydrogens is 181 g/mol. The van der Waals surface area contributed by atoms with Gasteiger partial charge >= 0.3 is 0 Å². The minimum absolute atomic E-state index is 0.134. The number of halogens is 1. The van der Waals surface area contributed by atoms with Crippen LogP contribution in [-0.4, -0.2) is 11.2 Å². The second-order valence-corrected chi connectivity index (χ2v) is 3.38. The maximum absolute atomic E-state index is 12.5. The third-order valence-electron chi connectivity index (χ3n) is 2.14. The molecule has 0 amide bonds. The third kappa shape index (κ3) is 2.82. The summed E-state index contributed by atoms with van der Waals surface area (Å²) >= 11 is 0. The molecule has 0 saturated heterocycles. The number of benzene rings is 1. The highest BCUT2D eigenvalue weighted by Gasteiger charge is 2.13. The van der Waals surface area contributed by atoms with Gasteiger partial charge in [-0.2, -0.15) is 5.26 Å². The van der Waals surface area contributed by atoms with Crippen molar-refractivity contribution in [3.8, 4) is 6.07 Å². The fourth-order valence-corrected chi connectivity index (χ4v) is 1.23. The summed E-state index contributed by atoms with van der Waals surface area (Å²) in [6, 6.07) is 7.85. The molecule has 0 aliphatic carbocycles. The van der Waals surface area contributed by atoms with Gasteiger partial charge in [0.25, 0.3) is 0 Å². The predicted octanol–water partition coefficient (Wildman–Crippen LogP) is 1.89. The summed E-state index contributed by atoms with van der Waals surface area (Å²) in [4.78, 5) is 0. The first-order valence-electron chi connectivity index (χ1n) is 4.45. The number of hydrogen-bond donors (Lipinski definition) is 1. The quantitative estimate of drug-likeness (QED) is 0.745. The van der Waals surface area contributed by atoms with Crippen LogP contribution in [0.1, 0.15) is 12.5 Å². The van der Waals surface area contributed by atoms with Crippen molar-refractivity contribution in [2.24, 2.45) is 5.92 Å². The van der Waals surface area contributed by atoms with E-state index in [-0.39, 0.29) is 11.7 Å². The average molecular weight is 193 g/mol. The largest absolute Gasteiger partial charge is 0.378 e. The van der Waals surface area contributed by atoms with Crippen LogP contribution in [0.3, 0.4) is 0 Å². The van der Waals surface area contributed by atoms with E-state index in [0.717, 1.165) is 5.56 Å². The lowest BCUT2D eigenvalue weighted by Gasteiger charge is -2.11. The van der Waals surface area contributed by atoms with Gasteiger partial charge in [0, 0.05) is 0 Å². The third-order valence-corrected chi connectivity index (χ3v) is 2.14. The number of nitriles is 1. The van der Waals surface area contributed by atoms with Gasteiger partial charge in [-0.05, 0) is 30.0 Å². The van der Waals surface area contributed by atoms with Crippen LogP contribution in [0, 0.1) is 23.1 Å². The molecule has 1 unspecified atom stereocenters. The molecular formula is C11H12FNO. The Morgan fingerprint density at radius 3 is 2.50 bits per heavy atom. The lowest BCUT2D eigenvalue weighted by atomic mass is 9.97. The van der Waals surface area contributed by atoms with Crippen molar-refractivity contribution in [3.63, 3.8) is 0 Å². The zero-order valence-electron chi connectivity index (χ0n) is 7.94. The Hall–Kier alpha value is -1.40. The number of aliphatic hydroxyl groups is 1. The van der Waals surface area contributed by atoms with Gasteiger partial charge in [-0.25, -0.2) is 4.39 Å². The minimum atomic E-state index is -0.958. The van der Waals surface area contributed by atoms with Gasteiger partial charge < -0.3 is 5.11 Å². The number of nitrogens with zero attached hydrogens (tertiary/aromatic N) is 1. The van der Waals surface area contributed by atoms with Crippen molar-refractivity contribution in [2.45, 2.75) is 19.4 Å². The Morgan fingerprint density at radius 2 is 2.00 bits per heavy atom. The molecule has 0 saturated carbocycles. The van der Waals surface area contributed by atoms with Crippen molar-refractivity contribution in [1.29, 1.82) is 5.26 Å². The fourth-order valence-electron chi connectivity index (χ4n) is 1.23. The molecule has 14 heavy (non-hydrogen) atoms. The zero-order valence-corrected chi connectivity index (χ0v) is 7.94.